The van der Waals surface area contributed by atoms with E-state index in [1.165, 1.54) is 12.7 Å². The third-order valence-electron chi connectivity index (χ3n) is 5.70. The van der Waals surface area contributed by atoms with E-state index in [2.05, 4.69) is 31.1 Å². The molecule has 33 heavy (non-hydrogen) atoms. The van der Waals surface area contributed by atoms with E-state index in [-0.39, 0.29) is 17.3 Å². The molecule has 0 aliphatic heterocycles. The first-order chi connectivity index (χ1) is 15.5. The SMILES string of the molecule is COC(=O)C(C)(C)CCc1ncc(-c2ccc(NC(=O)c3ccc(C(C)(C)C)cc3)cc2)s1. The molecule has 1 N–H and O–H groups in total. The molecular weight excluding hydrogens is 432 g/mol. The summed E-state index contributed by atoms with van der Waals surface area (Å²) in [6.07, 6.45) is 3.25. The van der Waals surface area contributed by atoms with Crippen molar-refractivity contribution in [3.05, 3.63) is 70.9 Å². The molecule has 0 atom stereocenters. The molecule has 0 saturated carbocycles. The average Bonchev–Trinajstić information content (AvgIpc) is 3.26. The molecule has 0 fully saturated rings. The van der Waals surface area contributed by atoms with Crippen LogP contribution in [0.25, 0.3) is 10.4 Å². The summed E-state index contributed by atoms with van der Waals surface area (Å²) in [5.74, 6) is -0.335. The molecule has 5 nitrogen and oxygen atoms in total. The number of hydrogen-bond acceptors (Lipinski definition) is 5. The highest BCUT2D eigenvalue weighted by atomic mass is 32.1. The standard InChI is InChI=1S/C27H32N2O3S/c1-26(2,3)20-11-7-19(8-12-20)24(30)29-21-13-9-18(10-14-21)22-17-28-23(33-22)15-16-27(4,5)25(31)32-6/h7-14,17H,15-16H2,1-6H3,(H,29,30). The number of nitrogens with one attached hydrogen (secondary N) is 1. The number of amides is 1. The van der Waals surface area contributed by atoms with Crippen molar-refractivity contribution < 1.29 is 14.3 Å². The van der Waals surface area contributed by atoms with Crippen LogP contribution < -0.4 is 5.32 Å². The largest absolute Gasteiger partial charge is 0.469 e. The van der Waals surface area contributed by atoms with Gasteiger partial charge in [0, 0.05) is 23.9 Å². The Labute approximate surface area is 200 Å². The van der Waals surface area contributed by atoms with Crippen LogP contribution in [0.4, 0.5) is 5.69 Å². The van der Waals surface area contributed by atoms with Crippen LogP contribution in [0, 0.1) is 5.41 Å². The summed E-state index contributed by atoms with van der Waals surface area (Å²) in [6, 6.07) is 15.5. The molecule has 0 radical (unpaired) electrons. The molecule has 1 heterocycles. The zero-order valence-corrected chi connectivity index (χ0v) is 21.0. The molecule has 0 aliphatic rings. The Balaban J connectivity index is 1.61. The van der Waals surface area contributed by atoms with Gasteiger partial charge in [0.25, 0.3) is 5.91 Å². The summed E-state index contributed by atoms with van der Waals surface area (Å²) in [5, 5.41) is 3.94. The number of ether oxygens (including phenoxy) is 1. The molecule has 0 aliphatic carbocycles. The number of hydrogen-bond donors (Lipinski definition) is 1. The summed E-state index contributed by atoms with van der Waals surface area (Å²) in [5.41, 5.74) is 3.13. The lowest BCUT2D eigenvalue weighted by Crippen LogP contribution is -2.26. The number of aromatic nitrogens is 1. The topological polar surface area (TPSA) is 68.3 Å². The summed E-state index contributed by atoms with van der Waals surface area (Å²) >= 11 is 1.62. The molecule has 2 aromatic carbocycles. The van der Waals surface area contributed by atoms with Crippen LogP contribution in [0.1, 0.15) is 62.0 Å². The zero-order valence-electron chi connectivity index (χ0n) is 20.2. The van der Waals surface area contributed by atoms with E-state index in [1.54, 1.807) is 11.3 Å². The van der Waals surface area contributed by atoms with Crippen LogP contribution in [0.15, 0.2) is 54.7 Å². The van der Waals surface area contributed by atoms with Crippen molar-refractivity contribution in [2.45, 2.75) is 52.9 Å². The Hall–Kier alpha value is -2.99. The van der Waals surface area contributed by atoms with E-state index in [0.29, 0.717) is 12.0 Å². The number of carbonyl (C=O) groups excluding carboxylic acids is 2. The third-order valence-corrected chi connectivity index (χ3v) is 6.80. The predicted molar refractivity (Wildman–Crippen MR) is 135 cm³/mol. The van der Waals surface area contributed by atoms with Gasteiger partial charge in [-0.3, -0.25) is 9.59 Å². The third kappa shape index (κ3) is 6.29. The first kappa shape index (κ1) is 24.6. The normalized spacial score (nSPS) is 11.8. The molecule has 0 spiro atoms. The number of esters is 1. The van der Waals surface area contributed by atoms with Gasteiger partial charge in [-0.2, -0.15) is 0 Å². The highest BCUT2D eigenvalue weighted by molar-refractivity contribution is 7.15. The Morgan fingerprint density at radius 3 is 2.18 bits per heavy atom. The van der Waals surface area contributed by atoms with E-state index in [4.69, 9.17) is 4.74 Å². The van der Waals surface area contributed by atoms with Gasteiger partial charge in [0.05, 0.1) is 22.4 Å². The van der Waals surface area contributed by atoms with Gasteiger partial charge in [0.2, 0.25) is 0 Å². The highest BCUT2D eigenvalue weighted by Gasteiger charge is 2.28. The number of anilines is 1. The summed E-state index contributed by atoms with van der Waals surface area (Å²) < 4.78 is 4.88. The number of carbonyl (C=O) groups is 2. The number of methoxy groups -OCH3 is 1. The van der Waals surface area contributed by atoms with Gasteiger partial charge in [0.15, 0.2) is 0 Å². The fourth-order valence-corrected chi connectivity index (χ4v) is 4.32. The second-order valence-corrected chi connectivity index (χ2v) is 11.0. The van der Waals surface area contributed by atoms with E-state index in [9.17, 15) is 9.59 Å². The monoisotopic (exact) mass is 464 g/mol. The molecule has 6 heteroatoms. The van der Waals surface area contributed by atoms with Crippen molar-refractivity contribution in [3.8, 4) is 10.4 Å². The molecule has 3 aromatic rings. The van der Waals surface area contributed by atoms with Crippen molar-refractivity contribution in [2.75, 3.05) is 12.4 Å². The van der Waals surface area contributed by atoms with Gasteiger partial charge in [0.1, 0.15) is 0 Å². The first-order valence-corrected chi connectivity index (χ1v) is 11.9. The predicted octanol–water partition coefficient (Wildman–Crippen LogP) is 6.49. The lowest BCUT2D eigenvalue weighted by molar-refractivity contribution is -0.151. The van der Waals surface area contributed by atoms with Gasteiger partial charge in [-0.1, -0.05) is 45.0 Å². The highest BCUT2D eigenvalue weighted by Crippen LogP contribution is 2.31. The van der Waals surface area contributed by atoms with E-state index < -0.39 is 5.41 Å². The fraction of sp³-hybridized carbons (Fsp3) is 0.370. The number of benzene rings is 2. The van der Waals surface area contributed by atoms with Crippen molar-refractivity contribution >= 4 is 28.9 Å². The lowest BCUT2D eigenvalue weighted by atomic mass is 9.87. The molecule has 3 rings (SSSR count). The number of rotatable bonds is 7. The number of thiazole rings is 1. The van der Waals surface area contributed by atoms with Crippen molar-refractivity contribution in [2.24, 2.45) is 5.41 Å². The summed E-state index contributed by atoms with van der Waals surface area (Å²) in [4.78, 5) is 30.0. The maximum Gasteiger partial charge on any atom is 0.311 e. The molecule has 0 unspecified atom stereocenters. The smallest absolute Gasteiger partial charge is 0.311 e. The van der Waals surface area contributed by atoms with Crippen molar-refractivity contribution in [3.63, 3.8) is 0 Å². The fourth-order valence-electron chi connectivity index (χ4n) is 3.40. The quantitative estimate of drug-likeness (QED) is 0.406. The Kier molecular flexibility index (Phi) is 7.38. The number of aryl methyl sites for hydroxylation is 1. The minimum absolute atomic E-state index is 0.0545. The van der Waals surface area contributed by atoms with Crippen LogP contribution in [-0.2, 0) is 21.4 Å². The summed E-state index contributed by atoms with van der Waals surface area (Å²) in [7, 11) is 1.42. The second-order valence-electron chi connectivity index (χ2n) is 9.85. The van der Waals surface area contributed by atoms with Crippen molar-refractivity contribution in [1.82, 2.24) is 4.98 Å². The van der Waals surface area contributed by atoms with Crippen LogP contribution >= 0.6 is 11.3 Å². The summed E-state index contributed by atoms with van der Waals surface area (Å²) in [6.45, 7) is 10.2. The first-order valence-electron chi connectivity index (χ1n) is 11.0. The molecular formula is C27H32N2O3S. The molecule has 0 saturated heterocycles. The number of nitrogens with zero attached hydrogens (tertiary/aromatic N) is 1. The van der Waals surface area contributed by atoms with Gasteiger partial charge < -0.3 is 10.1 Å². The van der Waals surface area contributed by atoms with Gasteiger partial charge in [-0.15, -0.1) is 11.3 Å². The van der Waals surface area contributed by atoms with Crippen LogP contribution in [0.3, 0.4) is 0 Å². The van der Waals surface area contributed by atoms with Crippen molar-refractivity contribution in [1.29, 1.82) is 0 Å². The minimum Gasteiger partial charge on any atom is -0.469 e. The molecule has 174 valence electrons. The van der Waals surface area contributed by atoms with E-state index >= 15 is 0 Å². The Morgan fingerprint density at radius 1 is 0.970 bits per heavy atom. The molecule has 1 amide bonds. The maximum absolute atomic E-state index is 12.6. The minimum atomic E-state index is -0.534. The molecule has 1 aromatic heterocycles. The maximum atomic E-state index is 12.6. The Bertz CT molecular complexity index is 1110. The Morgan fingerprint density at radius 2 is 1.61 bits per heavy atom. The lowest BCUT2D eigenvalue weighted by Gasteiger charge is -2.20. The second kappa shape index (κ2) is 9.87. The zero-order chi connectivity index (χ0) is 24.2. The van der Waals surface area contributed by atoms with Gasteiger partial charge in [-0.05, 0) is 61.1 Å². The average molecular weight is 465 g/mol. The van der Waals surface area contributed by atoms with E-state index in [1.807, 2.05) is 68.6 Å². The molecule has 0 bridgehead atoms. The van der Waals surface area contributed by atoms with E-state index in [0.717, 1.165) is 27.6 Å². The van der Waals surface area contributed by atoms with Gasteiger partial charge in [-0.25, -0.2) is 4.98 Å². The van der Waals surface area contributed by atoms with Crippen LogP contribution in [0.2, 0.25) is 0 Å². The van der Waals surface area contributed by atoms with Gasteiger partial charge >= 0.3 is 5.97 Å². The van der Waals surface area contributed by atoms with Crippen LogP contribution in [-0.4, -0.2) is 24.0 Å². The van der Waals surface area contributed by atoms with Crippen LogP contribution in [0.5, 0.6) is 0 Å².